The summed E-state index contributed by atoms with van der Waals surface area (Å²) in [5.74, 6) is -1.95. The highest BCUT2D eigenvalue weighted by molar-refractivity contribution is 6.30. The monoisotopic (exact) mass is 540 g/mol. The summed E-state index contributed by atoms with van der Waals surface area (Å²) < 4.78 is 18.3. The molecular formula is C24H34ClFN6O5. The van der Waals surface area contributed by atoms with E-state index in [4.69, 9.17) is 27.8 Å². The fourth-order valence-corrected chi connectivity index (χ4v) is 4.02. The highest BCUT2D eigenvalue weighted by atomic mass is 35.5. The first-order chi connectivity index (χ1) is 17.4. The van der Waals surface area contributed by atoms with Gasteiger partial charge in [0.15, 0.2) is 11.7 Å². The van der Waals surface area contributed by atoms with Gasteiger partial charge in [0.25, 0.3) is 0 Å². The highest BCUT2D eigenvalue weighted by Crippen LogP contribution is 2.22. The summed E-state index contributed by atoms with van der Waals surface area (Å²) in [5, 5.41) is 5.65. The van der Waals surface area contributed by atoms with E-state index >= 15 is 0 Å². The van der Waals surface area contributed by atoms with Crippen LogP contribution >= 0.6 is 11.6 Å². The summed E-state index contributed by atoms with van der Waals surface area (Å²) in [6, 6.07) is 4.81. The van der Waals surface area contributed by atoms with Crippen LogP contribution in [0.1, 0.15) is 45.1 Å². The van der Waals surface area contributed by atoms with Crippen LogP contribution in [0, 0.1) is 0 Å². The molecule has 0 aromatic heterocycles. The number of halogens is 2. The molecule has 6 N–H and O–H groups in total. The number of Topliss-reactive ketones (excluding diaryl/α,β-unsaturated/α-hetero) is 1. The van der Waals surface area contributed by atoms with E-state index in [0.29, 0.717) is 24.3 Å². The maximum atomic E-state index is 13.3. The van der Waals surface area contributed by atoms with Gasteiger partial charge in [0, 0.05) is 18.1 Å². The van der Waals surface area contributed by atoms with Crippen LogP contribution in [0.5, 0.6) is 0 Å². The Morgan fingerprint density at radius 2 is 1.92 bits per heavy atom. The average Bonchev–Trinajstić information content (AvgIpc) is 3.34. The van der Waals surface area contributed by atoms with E-state index in [-0.39, 0.29) is 32.1 Å². The normalized spacial score (nSPS) is 16.0. The molecule has 0 unspecified atom stereocenters. The van der Waals surface area contributed by atoms with Crippen LogP contribution in [0.15, 0.2) is 29.3 Å². The number of amides is 3. The first kappa shape index (κ1) is 29.8. The number of alkyl carbamates (subject to hydrolysis) is 1. The van der Waals surface area contributed by atoms with Crippen LogP contribution in [-0.4, -0.2) is 71.9 Å². The van der Waals surface area contributed by atoms with Crippen LogP contribution in [0.4, 0.5) is 9.18 Å². The minimum atomic E-state index is -1.38. The largest absolute Gasteiger partial charge is 0.445 e. The Bertz CT molecular complexity index is 1000. The number of likely N-dealkylation sites (tertiary alicyclic amines) is 1. The van der Waals surface area contributed by atoms with Crippen LogP contribution in [-0.2, 0) is 25.7 Å². The molecule has 2 atom stereocenters. The molecule has 2 rings (SSSR count). The van der Waals surface area contributed by atoms with E-state index < -0.39 is 48.0 Å². The van der Waals surface area contributed by atoms with Crippen molar-refractivity contribution in [3.8, 4) is 0 Å². The SMILES string of the molecule is CC(C)(NC(=O)OCc1ccc(Cl)cc1)C(=O)N1CCC[C@H]1C(=O)N[C@@H](CCCN=C(N)N)C(=O)CF. The van der Waals surface area contributed by atoms with Gasteiger partial charge < -0.3 is 31.7 Å². The molecule has 13 heteroatoms. The van der Waals surface area contributed by atoms with Crippen LogP contribution in [0.25, 0.3) is 0 Å². The van der Waals surface area contributed by atoms with Gasteiger partial charge in [-0.2, -0.15) is 0 Å². The number of carbonyl (C=O) groups is 4. The van der Waals surface area contributed by atoms with Crippen LogP contribution < -0.4 is 22.1 Å². The van der Waals surface area contributed by atoms with Crippen molar-refractivity contribution in [1.82, 2.24) is 15.5 Å². The van der Waals surface area contributed by atoms with Crippen molar-refractivity contribution in [3.63, 3.8) is 0 Å². The van der Waals surface area contributed by atoms with Gasteiger partial charge in [-0.25, -0.2) is 9.18 Å². The zero-order valence-electron chi connectivity index (χ0n) is 21.0. The molecule has 3 amide bonds. The molecule has 204 valence electrons. The van der Waals surface area contributed by atoms with E-state index in [9.17, 15) is 23.6 Å². The molecular weight excluding hydrogens is 507 g/mol. The van der Waals surface area contributed by atoms with Gasteiger partial charge in [0.05, 0.1) is 6.04 Å². The molecule has 0 aliphatic carbocycles. The Morgan fingerprint density at radius 1 is 1.24 bits per heavy atom. The molecule has 1 fully saturated rings. The number of aliphatic imine (C=N–C) groups is 1. The predicted molar refractivity (Wildman–Crippen MR) is 136 cm³/mol. The fraction of sp³-hybridized carbons (Fsp3) is 0.542. The Kier molecular flexibility index (Phi) is 11.1. The maximum Gasteiger partial charge on any atom is 0.408 e. The van der Waals surface area contributed by atoms with E-state index in [1.165, 1.54) is 18.7 Å². The number of hydrogen-bond acceptors (Lipinski definition) is 6. The zero-order chi connectivity index (χ0) is 27.6. The average molecular weight is 541 g/mol. The van der Waals surface area contributed by atoms with Crippen molar-refractivity contribution in [2.45, 2.75) is 63.8 Å². The molecule has 1 aromatic rings. The summed E-state index contributed by atoms with van der Waals surface area (Å²) in [6.45, 7) is 2.26. The number of rotatable bonds is 12. The van der Waals surface area contributed by atoms with E-state index in [0.717, 1.165) is 5.56 Å². The Morgan fingerprint density at radius 3 is 2.54 bits per heavy atom. The van der Waals surface area contributed by atoms with Crippen LogP contribution in [0.2, 0.25) is 5.02 Å². The quantitative estimate of drug-likeness (QED) is 0.176. The number of hydrogen-bond donors (Lipinski definition) is 4. The number of benzene rings is 1. The number of carbonyl (C=O) groups excluding carboxylic acids is 4. The van der Waals surface area contributed by atoms with Gasteiger partial charge in [-0.1, -0.05) is 23.7 Å². The summed E-state index contributed by atoms with van der Waals surface area (Å²) in [5.41, 5.74) is 9.88. The Hall–Kier alpha value is -3.41. The van der Waals surface area contributed by atoms with Gasteiger partial charge in [0.2, 0.25) is 11.8 Å². The van der Waals surface area contributed by atoms with Crippen molar-refractivity contribution < 1.29 is 28.3 Å². The van der Waals surface area contributed by atoms with E-state index in [1.807, 2.05) is 0 Å². The highest BCUT2D eigenvalue weighted by Gasteiger charge is 2.42. The summed E-state index contributed by atoms with van der Waals surface area (Å²) >= 11 is 5.84. The van der Waals surface area contributed by atoms with Gasteiger partial charge >= 0.3 is 6.09 Å². The fourth-order valence-electron chi connectivity index (χ4n) is 3.89. The minimum absolute atomic E-state index is 0.0187. The molecule has 1 heterocycles. The standard InChI is InChI=1S/C24H34ClFN6O5/c1-24(2,31-23(36)37-14-15-7-9-16(25)10-8-15)21(35)32-12-4-6-18(32)20(34)30-17(19(33)13-26)5-3-11-29-22(27)28/h7-10,17-18H,3-6,11-14H2,1-2H3,(H,30,34)(H,31,36)(H4,27,28,29)/t17-,18-/m0/s1. The van der Waals surface area contributed by atoms with Gasteiger partial charge in [-0.05, 0) is 57.2 Å². The lowest BCUT2D eigenvalue weighted by Gasteiger charge is -2.33. The predicted octanol–water partition coefficient (Wildman–Crippen LogP) is 1.41. The molecule has 0 radical (unpaired) electrons. The third-order valence-corrected chi connectivity index (χ3v) is 6.08. The molecule has 1 aliphatic rings. The number of ether oxygens (including phenoxy) is 1. The lowest BCUT2D eigenvalue weighted by Crippen LogP contribution is -2.59. The lowest BCUT2D eigenvalue weighted by atomic mass is 10.0. The van der Waals surface area contributed by atoms with Crippen molar-refractivity contribution in [2.75, 3.05) is 19.8 Å². The molecule has 11 nitrogen and oxygen atoms in total. The molecule has 0 saturated carbocycles. The van der Waals surface area contributed by atoms with Crippen LogP contribution in [0.3, 0.4) is 0 Å². The summed E-state index contributed by atoms with van der Waals surface area (Å²) in [4.78, 5) is 55.8. The van der Waals surface area contributed by atoms with Gasteiger partial charge in [0.1, 0.15) is 24.9 Å². The summed E-state index contributed by atoms with van der Waals surface area (Å²) in [6.07, 6.45) is 0.588. The molecule has 0 bridgehead atoms. The number of ketones is 1. The lowest BCUT2D eigenvalue weighted by molar-refractivity contribution is -0.143. The number of guanidine groups is 1. The minimum Gasteiger partial charge on any atom is -0.445 e. The van der Waals surface area contributed by atoms with Crippen molar-refractivity contribution in [2.24, 2.45) is 16.5 Å². The molecule has 1 aliphatic heterocycles. The van der Waals surface area contributed by atoms with Crippen molar-refractivity contribution in [1.29, 1.82) is 0 Å². The number of nitrogens with zero attached hydrogens (tertiary/aromatic N) is 2. The smallest absolute Gasteiger partial charge is 0.408 e. The van der Waals surface area contributed by atoms with Crippen molar-refractivity contribution in [3.05, 3.63) is 34.9 Å². The second kappa shape index (κ2) is 13.8. The Labute approximate surface area is 220 Å². The third-order valence-electron chi connectivity index (χ3n) is 5.83. The molecule has 0 spiro atoms. The third kappa shape index (κ3) is 9.19. The maximum absolute atomic E-state index is 13.3. The number of alkyl halides is 1. The van der Waals surface area contributed by atoms with Crippen molar-refractivity contribution >= 4 is 41.3 Å². The van der Waals surface area contributed by atoms with E-state index in [2.05, 4.69) is 15.6 Å². The molecule has 1 saturated heterocycles. The molecule has 1 aromatic carbocycles. The topological polar surface area (TPSA) is 169 Å². The first-order valence-corrected chi connectivity index (χ1v) is 12.3. The second-order valence-electron chi connectivity index (χ2n) is 9.22. The van der Waals surface area contributed by atoms with Gasteiger partial charge in [-0.15, -0.1) is 0 Å². The van der Waals surface area contributed by atoms with E-state index in [1.54, 1.807) is 24.3 Å². The second-order valence-corrected chi connectivity index (χ2v) is 9.66. The number of nitrogens with two attached hydrogens (primary N) is 2. The summed E-state index contributed by atoms with van der Waals surface area (Å²) in [7, 11) is 0. The van der Waals surface area contributed by atoms with Gasteiger partial charge in [-0.3, -0.25) is 19.4 Å². The number of nitrogens with one attached hydrogen (secondary N) is 2. The Balaban J connectivity index is 1.97. The zero-order valence-corrected chi connectivity index (χ0v) is 21.7. The molecule has 37 heavy (non-hydrogen) atoms. The first-order valence-electron chi connectivity index (χ1n) is 11.9.